The molecule has 1 fully saturated rings. The van der Waals surface area contributed by atoms with Crippen LogP contribution in [0.1, 0.15) is 40.5 Å². The van der Waals surface area contributed by atoms with E-state index >= 15 is 0 Å². The Bertz CT molecular complexity index is 220. The van der Waals surface area contributed by atoms with E-state index in [0.717, 1.165) is 6.54 Å². The lowest BCUT2D eigenvalue weighted by Crippen LogP contribution is -2.54. The summed E-state index contributed by atoms with van der Waals surface area (Å²) in [6.45, 7) is 16.0. The maximum Gasteiger partial charge on any atom is 0.0195 e. The third kappa shape index (κ3) is 4.23. The Morgan fingerprint density at radius 1 is 1.29 bits per heavy atom. The molecule has 3 nitrogen and oxygen atoms in total. The van der Waals surface area contributed by atoms with Gasteiger partial charge in [0.2, 0.25) is 0 Å². The zero-order valence-electron chi connectivity index (χ0n) is 12.2. The molecule has 3 heteroatoms. The Labute approximate surface area is 107 Å². The van der Waals surface area contributed by atoms with E-state index in [0.29, 0.717) is 11.5 Å². The van der Waals surface area contributed by atoms with Crippen LogP contribution in [0.2, 0.25) is 0 Å². The summed E-state index contributed by atoms with van der Waals surface area (Å²) >= 11 is 0. The highest BCUT2D eigenvalue weighted by Crippen LogP contribution is 2.24. The van der Waals surface area contributed by atoms with Crippen LogP contribution in [0.15, 0.2) is 0 Å². The van der Waals surface area contributed by atoms with E-state index in [1.54, 1.807) is 0 Å². The third-order valence-corrected chi connectivity index (χ3v) is 4.21. The molecular weight excluding hydrogens is 210 g/mol. The lowest BCUT2D eigenvalue weighted by molar-refractivity contribution is 0.0574. The van der Waals surface area contributed by atoms with Gasteiger partial charge in [0.1, 0.15) is 0 Å². The van der Waals surface area contributed by atoms with Crippen molar-refractivity contribution >= 4 is 0 Å². The van der Waals surface area contributed by atoms with Gasteiger partial charge < -0.3 is 5.73 Å². The maximum atomic E-state index is 5.96. The van der Waals surface area contributed by atoms with Crippen LogP contribution in [0.3, 0.4) is 0 Å². The minimum absolute atomic E-state index is 0.308. The summed E-state index contributed by atoms with van der Waals surface area (Å²) < 4.78 is 0. The number of likely N-dealkylation sites (N-methyl/N-ethyl adjacent to an activating group) is 1. The molecule has 102 valence electrons. The minimum atomic E-state index is 0.308. The fraction of sp³-hybridized carbons (Fsp3) is 1.00. The van der Waals surface area contributed by atoms with E-state index in [1.807, 2.05) is 0 Å². The van der Waals surface area contributed by atoms with Gasteiger partial charge in [0, 0.05) is 32.2 Å². The largest absolute Gasteiger partial charge is 0.330 e. The molecule has 0 saturated carbocycles. The molecule has 0 aromatic rings. The van der Waals surface area contributed by atoms with Crippen molar-refractivity contribution in [1.29, 1.82) is 0 Å². The van der Waals surface area contributed by atoms with E-state index in [2.05, 4.69) is 37.5 Å². The van der Waals surface area contributed by atoms with Gasteiger partial charge >= 0.3 is 0 Å². The van der Waals surface area contributed by atoms with Crippen molar-refractivity contribution in [2.24, 2.45) is 11.1 Å². The summed E-state index contributed by atoms with van der Waals surface area (Å²) in [5, 5.41) is 0. The molecule has 2 N–H and O–H groups in total. The van der Waals surface area contributed by atoms with Crippen LogP contribution in [-0.4, -0.2) is 55.1 Å². The maximum absolute atomic E-state index is 5.96. The number of piperazine rings is 1. The number of nitrogens with zero attached hydrogens (tertiary/aromatic N) is 2. The second-order valence-corrected chi connectivity index (χ2v) is 5.98. The van der Waals surface area contributed by atoms with Gasteiger partial charge in [-0.05, 0) is 31.8 Å². The normalized spacial score (nSPS) is 27.0. The second-order valence-electron chi connectivity index (χ2n) is 5.98. The molecule has 1 rings (SSSR count). The van der Waals surface area contributed by atoms with Crippen LogP contribution in [0.25, 0.3) is 0 Å². The topological polar surface area (TPSA) is 32.5 Å². The Morgan fingerprint density at radius 2 is 2.00 bits per heavy atom. The molecule has 0 spiro atoms. The van der Waals surface area contributed by atoms with E-state index in [1.165, 1.54) is 45.6 Å². The average Bonchev–Trinajstić information content (AvgIpc) is 2.29. The Hall–Kier alpha value is -0.120. The molecule has 0 aromatic heterocycles. The first kappa shape index (κ1) is 14.9. The molecule has 0 aromatic carbocycles. The van der Waals surface area contributed by atoms with Gasteiger partial charge in [-0.1, -0.05) is 27.2 Å². The summed E-state index contributed by atoms with van der Waals surface area (Å²) in [7, 11) is 0. The molecule has 1 aliphatic rings. The lowest BCUT2D eigenvalue weighted by Gasteiger charge is -2.43. The van der Waals surface area contributed by atoms with Gasteiger partial charge in [-0.2, -0.15) is 0 Å². The Morgan fingerprint density at radius 3 is 2.47 bits per heavy atom. The molecule has 1 saturated heterocycles. The van der Waals surface area contributed by atoms with Crippen LogP contribution < -0.4 is 5.73 Å². The molecular formula is C14H31N3. The summed E-state index contributed by atoms with van der Waals surface area (Å²) in [6, 6.07) is 0.692. The number of hydrogen-bond donors (Lipinski definition) is 1. The highest BCUT2D eigenvalue weighted by atomic mass is 15.3. The van der Waals surface area contributed by atoms with Crippen molar-refractivity contribution in [2.75, 3.05) is 39.3 Å². The Balaban J connectivity index is 2.47. The zero-order chi connectivity index (χ0) is 12.9. The van der Waals surface area contributed by atoms with Crippen LogP contribution in [0.5, 0.6) is 0 Å². The molecule has 0 bridgehead atoms. The highest BCUT2D eigenvalue weighted by molar-refractivity contribution is 4.84. The molecule has 0 aliphatic carbocycles. The van der Waals surface area contributed by atoms with Crippen molar-refractivity contribution in [1.82, 2.24) is 9.80 Å². The number of hydrogen-bond acceptors (Lipinski definition) is 3. The lowest BCUT2D eigenvalue weighted by atomic mass is 9.85. The van der Waals surface area contributed by atoms with E-state index in [9.17, 15) is 0 Å². The number of rotatable bonds is 6. The van der Waals surface area contributed by atoms with Crippen LogP contribution >= 0.6 is 0 Å². The SMILES string of the molecule is CCCC(C)(CN)CN1CCN(CC)C(C)C1. The van der Waals surface area contributed by atoms with Gasteiger partial charge in [-0.3, -0.25) is 9.80 Å². The fourth-order valence-electron chi connectivity index (χ4n) is 3.07. The predicted molar refractivity (Wildman–Crippen MR) is 75.2 cm³/mol. The first-order valence-electron chi connectivity index (χ1n) is 7.21. The predicted octanol–water partition coefficient (Wildman–Crippen LogP) is 1.78. The standard InChI is InChI=1S/C14H31N3/c1-5-7-14(4,11-15)12-16-8-9-17(6-2)13(3)10-16/h13H,5-12,15H2,1-4H3. The molecule has 2 unspecified atom stereocenters. The van der Waals surface area contributed by atoms with Crippen molar-refractivity contribution in [3.05, 3.63) is 0 Å². The monoisotopic (exact) mass is 241 g/mol. The average molecular weight is 241 g/mol. The van der Waals surface area contributed by atoms with Gasteiger partial charge in [0.05, 0.1) is 0 Å². The van der Waals surface area contributed by atoms with Gasteiger partial charge in [0.25, 0.3) is 0 Å². The summed E-state index contributed by atoms with van der Waals surface area (Å²) in [4.78, 5) is 5.18. The van der Waals surface area contributed by atoms with Crippen LogP contribution in [0, 0.1) is 5.41 Å². The first-order chi connectivity index (χ1) is 8.04. The zero-order valence-corrected chi connectivity index (χ0v) is 12.2. The van der Waals surface area contributed by atoms with Crippen LogP contribution in [0.4, 0.5) is 0 Å². The van der Waals surface area contributed by atoms with Crippen molar-refractivity contribution < 1.29 is 0 Å². The Kier molecular flexibility index (Phi) is 5.90. The summed E-state index contributed by atoms with van der Waals surface area (Å²) in [6.07, 6.45) is 2.48. The van der Waals surface area contributed by atoms with Gasteiger partial charge in [0.15, 0.2) is 0 Å². The van der Waals surface area contributed by atoms with Gasteiger partial charge in [-0.15, -0.1) is 0 Å². The summed E-state index contributed by atoms with van der Waals surface area (Å²) in [5.41, 5.74) is 6.27. The molecule has 17 heavy (non-hydrogen) atoms. The van der Waals surface area contributed by atoms with E-state index < -0.39 is 0 Å². The van der Waals surface area contributed by atoms with Crippen molar-refractivity contribution in [2.45, 2.75) is 46.6 Å². The van der Waals surface area contributed by atoms with Crippen LogP contribution in [-0.2, 0) is 0 Å². The first-order valence-corrected chi connectivity index (χ1v) is 7.21. The van der Waals surface area contributed by atoms with Gasteiger partial charge in [-0.25, -0.2) is 0 Å². The molecule has 1 heterocycles. The minimum Gasteiger partial charge on any atom is -0.330 e. The molecule has 1 aliphatic heterocycles. The third-order valence-electron chi connectivity index (χ3n) is 4.21. The quantitative estimate of drug-likeness (QED) is 0.769. The fourth-order valence-corrected chi connectivity index (χ4v) is 3.07. The second kappa shape index (κ2) is 6.72. The smallest absolute Gasteiger partial charge is 0.0195 e. The van der Waals surface area contributed by atoms with Crippen molar-refractivity contribution in [3.63, 3.8) is 0 Å². The summed E-state index contributed by atoms with van der Waals surface area (Å²) in [5.74, 6) is 0. The van der Waals surface area contributed by atoms with E-state index in [4.69, 9.17) is 5.73 Å². The molecule has 0 amide bonds. The highest BCUT2D eigenvalue weighted by Gasteiger charge is 2.29. The van der Waals surface area contributed by atoms with Crippen molar-refractivity contribution in [3.8, 4) is 0 Å². The number of nitrogens with two attached hydrogens (primary N) is 1. The van der Waals surface area contributed by atoms with E-state index in [-0.39, 0.29) is 0 Å². The molecule has 2 atom stereocenters. The molecule has 0 radical (unpaired) electrons.